The number of hydrogen-bond donors (Lipinski definition) is 2. The highest BCUT2D eigenvalue weighted by Crippen LogP contribution is 1.88. The molecule has 0 amide bonds. The van der Waals surface area contributed by atoms with E-state index in [9.17, 15) is 4.39 Å². The fourth-order valence-corrected chi connectivity index (χ4v) is 0.238. The van der Waals surface area contributed by atoms with E-state index in [2.05, 4.69) is 5.84 Å². The smallest absolute Gasteiger partial charge is 0.196 e. The van der Waals surface area contributed by atoms with Crippen LogP contribution in [-0.2, 0) is 0 Å². The second kappa shape index (κ2) is 3.61. The highest BCUT2D eigenvalue weighted by molar-refractivity contribution is 4.84. The van der Waals surface area contributed by atoms with Crippen molar-refractivity contribution in [1.82, 2.24) is 5.43 Å². The maximum atomic E-state index is 11.8. The summed E-state index contributed by atoms with van der Waals surface area (Å²) in [6, 6.07) is 0. The van der Waals surface area contributed by atoms with Gasteiger partial charge in [-0.1, -0.05) is 6.92 Å². The predicted octanol–water partition coefficient (Wildman–Crippen LogP) is 0.671. The normalized spacial score (nSPS) is 11.6. The molecule has 0 aliphatic rings. The maximum absolute atomic E-state index is 11.8. The first-order valence-corrected chi connectivity index (χ1v) is 2.13. The molecule has 0 aliphatic heterocycles. The molecule has 0 aromatic rings. The van der Waals surface area contributed by atoms with Crippen LogP contribution in [0.15, 0.2) is 12.0 Å². The molecule has 0 bridgehead atoms. The fraction of sp³-hybridized carbons (Fsp3) is 0.500. The lowest BCUT2D eigenvalue weighted by Gasteiger charge is -1.88. The Labute approximate surface area is 42.2 Å². The van der Waals surface area contributed by atoms with Crippen molar-refractivity contribution < 1.29 is 4.39 Å². The largest absolute Gasteiger partial charge is 0.301 e. The SMILES string of the molecule is CCC=C(F)NN. The van der Waals surface area contributed by atoms with Crippen molar-refractivity contribution >= 4 is 0 Å². The molecule has 0 rings (SSSR count). The zero-order valence-electron chi connectivity index (χ0n) is 4.24. The van der Waals surface area contributed by atoms with Gasteiger partial charge in [0.1, 0.15) is 0 Å². The van der Waals surface area contributed by atoms with Gasteiger partial charge in [0, 0.05) is 0 Å². The van der Waals surface area contributed by atoms with Crippen molar-refractivity contribution in [2.75, 3.05) is 0 Å². The van der Waals surface area contributed by atoms with Gasteiger partial charge in [0.15, 0.2) is 5.95 Å². The van der Waals surface area contributed by atoms with Crippen molar-refractivity contribution in [2.24, 2.45) is 5.84 Å². The topological polar surface area (TPSA) is 38.0 Å². The van der Waals surface area contributed by atoms with Crippen LogP contribution < -0.4 is 11.3 Å². The van der Waals surface area contributed by atoms with Gasteiger partial charge < -0.3 is 5.43 Å². The van der Waals surface area contributed by atoms with Crippen LogP contribution in [0.4, 0.5) is 4.39 Å². The van der Waals surface area contributed by atoms with E-state index in [4.69, 9.17) is 0 Å². The molecule has 0 atom stereocenters. The Morgan fingerprint density at radius 1 is 2.00 bits per heavy atom. The monoisotopic (exact) mass is 104 g/mol. The molecule has 0 radical (unpaired) electrons. The van der Waals surface area contributed by atoms with E-state index < -0.39 is 5.95 Å². The summed E-state index contributed by atoms with van der Waals surface area (Å²) in [5, 5.41) is 0. The molecule has 42 valence electrons. The minimum atomic E-state index is -0.470. The first-order chi connectivity index (χ1) is 3.31. The standard InChI is InChI=1S/C4H9FN2/c1-2-3-4(5)7-6/h3,7H,2,6H2,1H3. The molecule has 0 aromatic carbocycles. The van der Waals surface area contributed by atoms with Gasteiger partial charge >= 0.3 is 0 Å². The number of nitrogens with two attached hydrogens (primary N) is 1. The first-order valence-electron chi connectivity index (χ1n) is 2.13. The van der Waals surface area contributed by atoms with Crippen LogP contribution in [0.2, 0.25) is 0 Å². The minimum Gasteiger partial charge on any atom is -0.301 e. The Morgan fingerprint density at radius 3 is 2.71 bits per heavy atom. The molecule has 0 aliphatic carbocycles. The summed E-state index contributed by atoms with van der Waals surface area (Å²) in [5.74, 6) is 4.19. The van der Waals surface area contributed by atoms with E-state index in [1.165, 1.54) is 6.08 Å². The van der Waals surface area contributed by atoms with Gasteiger partial charge in [-0.15, -0.1) is 0 Å². The molecular weight excluding hydrogens is 95.1 g/mol. The van der Waals surface area contributed by atoms with Gasteiger partial charge in [-0.3, -0.25) is 0 Å². The predicted molar refractivity (Wildman–Crippen MR) is 26.8 cm³/mol. The molecule has 0 aromatic heterocycles. The second-order valence-corrected chi connectivity index (χ2v) is 1.10. The van der Waals surface area contributed by atoms with Gasteiger partial charge in [0.25, 0.3) is 0 Å². The molecule has 0 saturated heterocycles. The van der Waals surface area contributed by atoms with Crippen LogP contribution in [0.5, 0.6) is 0 Å². The Balaban J connectivity index is 3.29. The quantitative estimate of drug-likeness (QED) is 0.307. The van der Waals surface area contributed by atoms with Crippen LogP contribution in [0.25, 0.3) is 0 Å². The average Bonchev–Trinajstić information content (AvgIpc) is 1.68. The summed E-state index contributed by atoms with van der Waals surface area (Å²) in [6.45, 7) is 1.83. The minimum absolute atomic E-state index is 0.470. The Hall–Kier alpha value is -0.570. The number of rotatable bonds is 2. The number of nitrogens with one attached hydrogen (secondary N) is 1. The molecule has 0 heterocycles. The van der Waals surface area contributed by atoms with Gasteiger partial charge in [-0.2, -0.15) is 4.39 Å². The summed E-state index contributed by atoms with van der Waals surface area (Å²) in [7, 11) is 0. The van der Waals surface area contributed by atoms with E-state index in [1.54, 1.807) is 0 Å². The van der Waals surface area contributed by atoms with Crippen molar-refractivity contribution in [3.8, 4) is 0 Å². The molecule has 3 heteroatoms. The Morgan fingerprint density at radius 2 is 2.57 bits per heavy atom. The van der Waals surface area contributed by atoms with Gasteiger partial charge in [0.05, 0.1) is 0 Å². The van der Waals surface area contributed by atoms with Crippen molar-refractivity contribution in [3.63, 3.8) is 0 Å². The molecule has 2 nitrogen and oxygen atoms in total. The van der Waals surface area contributed by atoms with Gasteiger partial charge in [-0.25, -0.2) is 5.84 Å². The van der Waals surface area contributed by atoms with Crippen LogP contribution in [0, 0.1) is 0 Å². The summed E-state index contributed by atoms with van der Waals surface area (Å²) in [4.78, 5) is 0. The molecule has 0 unspecified atom stereocenters. The average molecular weight is 104 g/mol. The lowest BCUT2D eigenvalue weighted by Crippen LogP contribution is -2.17. The lowest BCUT2D eigenvalue weighted by molar-refractivity contribution is 0.549. The van der Waals surface area contributed by atoms with Crippen LogP contribution in [0.1, 0.15) is 13.3 Å². The zero-order valence-corrected chi connectivity index (χ0v) is 4.24. The van der Waals surface area contributed by atoms with Crippen LogP contribution >= 0.6 is 0 Å². The molecule has 0 saturated carbocycles. The highest BCUT2D eigenvalue weighted by atomic mass is 19.1. The van der Waals surface area contributed by atoms with Crippen molar-refractivity contribution in [3.05, 3.63) is 12.0 Å². The third-order valence-electron chi connectivity index (χ3n) is 0.521. The third kappa shape index (κ3) is 3.26. The summed E-state index contributed by atoms with van der Waals surface area (Å²) in [5.41, 5.74) is 1.86. The highest BCUT2D eigenvalue weighted by Gasteiger charge is 1.80. The van der Waals surface area contributed by atoms with E-state index in [0.29, 0.717) is 6.42 Å². The Kier molecular flexibility index (Phi) is 3.32. The van der Waals surface area contributed by atoms with Gasteiger partial charge in [0.2, 0.25) is 0 Å². The van der Waals surface area contributed by atoms with Crippen LogP contribution in [-0.4, -0.2) is 0 Å². The summed E-state index contributed by atoms with van der Waals surface area (Å²) >= 11 is 0. The molecule has 7 heavy (non-hydrogen) atoms. The first kappa shape index (κ1) is 6.43. The number of hydrogen-bond acceptors (Lipinski definition) is 2. The number of allylic oxidation sites excluding steroid dienone is 1. The zero-order chi connectivity index (χ0) is 5.70. The van der Waals surface area contributed by atoms with Crippen molar-refractivity contribution in [1.29, 1.82) is 0 Å². The number of hydrazine groups is 1. The number of halogens is 1. The Bertz CT molecular complexity index is 70.1. The van der Waals surface area contributed by atoms with E-state index >= 15 is 0 Å². The second-order valence-electron chi connectivity index (χ2n) is 1.10. The van der Waals surface area contributed by atoms with Gasteiger partial charge in [-0.05, 0) is 12.5 Å². The van der Waals surface area contributed by atoms with E-state index in [0.717, 1.165) is 0 Å². The summed E-state index contributed by atoms with van der Waals surface area (Å²) in [6.07, 6.45) is 2.02. The maximum Gasteiger partial charge on any atom is 0.196 e. The molecule has 0 spiro atoms. The lowest BCUT2D eigenvalue weighted by atomic mass is 10.5. The van der Waals surface area contributed by atoms with E-state index in [-0.39, 0.29) is 0 Å². The van der Waals surface area contributed by atoms with E-state index in [1.807, 2.05) is 12.3 Å². The molecular formula is C4H9FN2. The summed E-state index contributed by atoms with van der Waals surface area (Å²) < 4.78 is 11.8. The van der Waals surface area contributed by atoms with Crippen molar-refractivity contribution in [2.45, 2.75) is 13.3 Å². The molecule has 0 fully saturated rings. The third-order valence-corrected chi connectivity index (χ3v) is 0.521. The fourth-order valence-electron chi connectivity index (χ4n) is 0.238. The van der Waals surface area contributed by atoms with Crippen LogP contribution in [0.3, 0.4) is 0 Å². The molecule has 3 N–H and O–H groups in total.